The molecular weight excluding hydrogens is 415 g/mol. The third-order valence-corrected chi connectivity index (χ3v) is 6.96. The van der Waals surface area contributed by atoms with Gasteiger partial charge in [0.05, 0.1) is 22.5 Å². The lowest BCUT2D eigenvalue weighted by Gasteiger charge is -2.34. The van der Waals surface area contributed by atoms with Gasteiger partial charge in [0.1, 0.15) is 18.1 Å². The van der Waals surface area contributed by atoms with Crippen molar-refractivity contribution < 1.29 is 14.0 Å². The number of hydrogen-bond donors (Lipinski definition) is 0. The maximum atomic E-state index is 13.5. The molecule has 8 heteroatoms. The minimum atomic E-state index is -0.331. The number of hydrogen-bond acceptors (Lipinski definition) is 4. The molecule has 5 rings (SSSR count). The van der Waals surface area contributed by atoms with Gasteiger partial charge in [-0.2, -0.15) is 5.10 Å². The van der Waals surface area contributed by atoms with E-state index in [4.69, 9.17) is 0 Å². The molecule has 1 atom stereocenters. The molecule has 1 fully saturated rings. The van der Waals surface area contributed by atoms with Crippen molar-refractivity contribution >= 4 is 39.1 Å². The normalized spacial score (nSPS) is 19.4. The van der Waals surface area contributed by atoms with Gasteiger partial charge < -0.3 is 9.47 Å². The fraction of sp³-hybridized carbons (Fsp3) is 0.348. The van der Waals surface area contributed by atoms with Crippen molar-refractivity contribution in [3.8, 4) is 0 Å². The van der Waals surface area contributed by atoms with Gasteiger partial charge in [-0.1, -0.05) is 12.1 Å². The number of fused-ring (bicyclic) bond motifs is 3. The Balaban J connectivity index is 1.54. The van der Waals surface area contributed by atoms with E-state index in [-0.39, 0.29) is 30.2 Å². The van der Waals surface area contributed by atoms with Crippen LogP contribution in [0.1, 0.15) is 42.2 Å². The molecule has 0 N–H and O–H groups in total. The van der Waals surface area contributed by atoms with Gasteiger partial charge in [0.25, 0.3) is 5.91 Å². The van der Waals surface area contributed by atoms with Gasteiger partial charge in [0.15, 0.2) is 0 Å². The van der Waals surface area contributed by atoms with Gasteiger partial charge in [-0.25, -0.2) is 9.40 Å². The number of carbonyl (C=O) groups excluding carboxylic acids is 2. The fourth-order valence-corrected chi connectivity index (χ4v) is 5.24. The molecule has 0 aliphatic carbocycles. The Bertz CT molecular complexity index is 1180. The Morgan fingerprint density at radius 1 is 1.23 bits per heavy atom. The lowest BCUT2D eigenvalue weighted by atomic mass is 10.0. The van der Waals surface area contributed by atoms with Crippen molar-refractivity contribution in [2.24, 2.45) is 5.10 Å². The quantitative estimate of drug-likeness (QED) is 0.618. The third kappa shape index (κ3) is 3.65. The number of aromatic nitrogens is 1. The van der Waals surface area contributed by atoms with Crippen molar-refractivity contribution in [1.29, 1.82) is 0 Å². The first kappa shape index (κ1) is 19.9. The molecule has 1 saturated heterocycles. The van der Waals surface area contributed by atoms with Crippen LogP contribution in [0, 0.1) is 5.82 Å². The number of carbonyl (C=O) groups is 2. The minimum Gasteiger partial charge on any atom is -0.338 e. The number of rotatable bonds is 3. The van der Waals surface area contributed by atoms with Crippen molar-refractivity contribution in [1.82, 2.24) is 14.5 Å². The first-order valence-electron chi connectivity index (χ1n) is 10.5. The molecule has 0 radical (unpaired) electrons. The van der Waals surface area contributed by atoms with Gasteiger partial charge in [-0.15, -0.1) is 11.3 Å². The molecule has 31 heavy (non-hydrogen) atoms. The van der Waals surface area contributed by atoms with E-state index in [1.54, 1.807) is 23.5 Å². The van der Waals surface area contributed by atoms with Crippen molar-refractivity contribution in [3.05, 3.63) is 58.9 Å². The summed E-state index contributed by atoms with van der Waals surface area (Å²) in [7, 11) is 0. The highest BCUT2D eigenvalue weighted by atomic mass is 32.1. The zero-order valence-electron chi connectivity index (χ0n) is 17.3. The van der Waals surface area contributed by atoms with Crippen LogP contribution in [0.3, 0.4) is 0 Å². The van der Waals surface area contributed by atoms with Gasteiger partial charge in [-0.05, 0) is 61.4 Å². The summed E-state index contributed by atoms with van der Waals surface area (Å²) in [6.07, 6.45) is 3.07. The molecule has 2 aliphatic heterocycles. The van der Waals surface area contributed by atoms with Crippen LogP contribution in [-0.2, 0) is 11.3 Å². The molecular formula is C23H23FN4O2S. The summed E-state index contributed by atoms with van der Waals surface area (Å²) in [5.74, 6) is -0.717. The number of thiophene rings is 1. The largest absolute Gasteiger partial charge is 0.338 e. The van der Waals surface area contributed by atoms with Crippen LogP contribution in [0.5, 0.6) is 0 Å². The van der Waals surface area contributed by atoms with E-state index >= 15 is 0 Å². The fourth-order valence-electron chi connectivity index (χ4n) is 4.42. The highest BCUT2D eigenvalue weighted by molar-refractivity contribution is 7.17. The minimum absolute atomic E-state index is 0.0930. The molecule has 160 valence electrons. The van der Waals surface area contributed by atoms with E-state index in [0.717, 1.165) is 35.0 Å². The number of piperidine rings is 1. The first-order valence-corrected chi connectivity index (χ1v) is 11.4. The molecule has 0 spiro atoms. The summed E-state index contributed by atoms with van der Waals surface area (Å²) in [4.78, 5) is 28.3. The molecule has 2 aliphatic rings. The number of likely N-dealkylation sites (tertiary alicyclic amines) is 1. The topological polar surface area (TPSA) is 57.9 Å². The second kappa shape index (κ2) is 7.92. The van der Waals surface area contributed by atoms with Crippen LogP contribution in [0.2, 0.25) is 0 Å². The average Bonchev–Trinajstić information content (AvgIpc) is 3.32. The standard InChI is InChI=1S/C23H23FN4O2S/c1-15-4-2-3-10-26(15)22(29)14-28-23(30)20-12-21-19(9-11-31-21)27(20)13-18(25-28)16-5-7-17(24)8-6-16/h5-9,11-12,15H,2-4,10,13-14H2,1H3. The molecule has 2 amide bonds. The number of halogens is 1. The van der Waals surface area contributed by atoms with E-state index in [9.17, 15) is 14.0 Å². The predicted octanol–water partition coefficient (Wildman–Crippen LogP) is 4.10. The Hall–Kier alpha value is -3.00. The second-order valence-electron chi connectivity index (χ2n) is 8.13. The van der Waals surface area contributed by atoms with E-state index in [2.05, 4.69) is 5.10 Å². The molecule has 1 aromatic carbocycles. The van der Waals surface area contributed by atoms with Crippen LogP contribution in [0.4, 0.5) is 4.39 Å². The second-order valence-corrected chi connectivity index (χ2v) is 9.08. The number of benzene rings is 1. The smallest absolute Gasteiger partial charge is 0.291 e. The van der Waals surface area contributed by atoms with Gasteiger partial charge in [0.2, 0.25) is 5.91 Å². The average molecular weight is 439 g/mol. The molecule has 0 saturated carbocycles. The Labute approximate surface area is 183 Å². The molecule has 3 aromatic rings. The lowest BCUT2D eigenvalue weighted by Crippen LogP contribution is -2.47. The van der Waals surface area contributed by atoms with Crippen LogP contribution in [-0.4, -0.2) is 51.1 Å². The van der Waals surface area contributed by atoms with Crippen LogP contribution in [0.15, 0.2) is 46.9 Å². The molecule has 0 bridgehead atoms. The molecule has 2 aromatic heterocycles. The van der Waals surface area contributed by atoms with Crippen molar-refractivity contribution in [2.75, 3.05) is 13.1 Å². The molecule has 4 heterocycles. The zero-order valence-corrected chi connectivity index (χ0v) is 18.1. The summed E-state index contributed by atoms with van der Waals surface area (Å²) in [5.41, 5.74) is 2.82. The number of nitrogens with zero attached hydrogens (tertiary/aromatic N) is 4. The summed E-state index contributed by atoms with van der Waals surface area (Å²) in [6, 6.07) is 10.1. The SMILES string of the molecule is CC1CCCCN1C(=O)CN1N=C(c2ccc(F)cc2)Cn2c(cc3sccc32)C1=O. The Morgan fingerprint density at radius 3 is 2.81 bits per heavy atom. The van der Waals surface area contributed by atoms with E-state index in [1.165, 1.54) is 17.1 Å². The number of hydrazone groups is 1. The summed E-state index contributed by atoms with van der Waals surface area (Å²) in [6.45, 7) is 3.03. The van der Waals surface area contributed by atoms with E-state index in [0.29, 0.717) is 24.5 Å². The van der Waals surface area contributed by atoms with Crippen LogP contribution < -0.4 is 0 Å². The maximum absolute atomic E-state index is 13.5. The van der Waals surface area contributed by atoms with E-state index < -0.39 is 0 Å². The monoisotopic (exact) mass is 438 g/mol. The van der Waals surface area contributed by atoms with Gasteiger partial charge in [-0.3, -0.25) is 9.59 Å². The van der Waals surface area contributed by atoms with Crippen molar-refractivity contribution in [2.45, 2.75) is 38.8 Å². The Kier molecular flexibility index (Phi) is 5.09. The lowest BCUT2D eigenvalue weighted by molar-refractivity contribution is -0.135. The van der Waals surface area contributed by atoms with Gasteiger partial charge in [0, 0.05) is 12.6 Å². The first-order chi connectivity index (χ1) is 15.0. The highest BCUT2D eigenvalue weighted by Gasteiger charge is 2.31. The number of amides is 2. The zero-order chi connectivity index (χ0) is 21.5. The maximum Gasteiger partial charge on any atom is 0.291 e. The van der Waals surface area contributed by atoms with Crippen LogP contribution in [0.25, 0.3) is 10.2 Å². The highest BCUT2D eigenvalue weighted by Crippen LogP contribution is 2.28. The van der Waals surface area contributed by atoms with Crippen molar-refractivity contribution in [3.63, 3.8) is 0 Å². The molecule has 1 unspecified atom stereocenters. The summed E-state index contributed by atoms with van der Waals surface area (Å²) in [5, 5.41) is 7.88. The predicted molar refractivity (Wildman–Crippen MR) is 119 cm³/mol. The summed E-state index contributed by atoms with van der Waals surface area (Å²) >= 11 is 1.57. The third-order valence-electron chi connectivity index (χ3n) is 6.11. The van der Waals surface area contributed by atoms with Crippen LogP contribution >= 0.6 is 11.3 Å². The molecule has 6 nitrogen and oxygen atoms in total. The Morgan fingerprint density at radius 2 is 2.03 bits per heavy atom. The van der Waals surface area contributed by atoms with E-state index in [1.807, 2.05) is 33.9 Å². The summed E-state index contributed by atoms with van der Waals surface area (Å²) < 4.78 is 16.4. The van der Waals surface area contributed by atoms with Gasteiger partial charge >= 0.3 is 0 Å².